The monoisotopic (exact) mass is 505 g/mol. The Morgan fingerprint density at radius 2 is 1.58 bits per heavy atom. The summed E-state index contributed by atoms with van der Waals surface area (Å²) >= 11 is 0. The number of aliphatic imine (C=N–C) groups is 1. The average molecular weight is 506 g/mol. The zero-order valence-corrected chi connectivity index (χ0v) is 19.4. The quantitative estimate of drug-likeness (QED) is 0.0653. The number of aromatic nitrogens is 4. The van der Waals surface area contributed by atoms with Gasteiger partial charge < -0.3 is 48.2 Å². The molecule has 3 amide bonds. The van der Waals surface area contributed by atoms with E-state index in [9.17, 15) is 24.3 Å². The molecule has 0 aromatic carbocycles. The number of imidazole rings is 2. The Labute approximate surface area is 205 Å². The van der Waals surface area contributed by atoms with Gasteiger partial charge in [-0.25, -0.2) is 14.8 Å². The van der Waals surface area contributed by atoms with Gasteiger partial charge in [-0.15, -0.1) is 0 Å². The number of aliphatic carboxylic acids is 1. The summed E-state index contributed by atoms with van der Waals surface area (Å²) in [6.45, 7) is -0.129. The highest BCUT2D eigenvalue weighted by Crippen LogP contribution is 2.03. The molecule has 0 aliphatic heterocycles. The first-order valence-corrected chi connectivity index (χ1v) is 11.0. The lowest BCUT2D eigenvalue weighted by Crippen LogP contribution is -2.55. The van der Waals surface area contributed by atoms with E-state index in [-0.39, 0.29) is 18.8 Å². The lowest BCUT2D eigenvalue weighted by atomic mass is 10.1. The summed E-state index contributed by atoms with van der Waals surface area (Å²) in [6.07, 6.45) is 6.43. The number of carbonyl (C=O) groups is 4. The molecule has 0 aliphatic rings. The third-order valence-electron chi connectivity index (χ3n) is 4.95. The maximum Gasteiger partial charge on any atom is 0.326 e. The summed E-state index contributed by atoms with van der Waals surface area (Å²) in [4.78, 5) is 66.3. The first-order valence-electron chi connectivity index (χ1n) is 11.0. The Bertz CT molecular complexity index is 1020. The minimum atomic E-state index is -1.27. The fourth-order valence-electron chi connectivity index (χ4n) is 3.11. The smallest absolute Gasteiger partial charge is 0.326 e. The molecule has 0 saturated carbocycles. The van der Waals surface area contributed by atoms with Crippen LogP contribution in [0.15, 0.2) is 30.0 Å². The molecule has 36 heavy (non-hydrogen) atoms. The molecule has 16 heteroatoms. The number of guanidine groups is 1. The van der Waals surface area contributed by atoms with E-state index in [2.05, 4.69) is 40.9 Å². The van der Waals surface area contributed by atoms with Gasteiger partial charge in [-0.1, -0.05) is 0 Å². The number of carboxylic acid groups (broad SMARTS) is 1. The number of hydrogen-bond acceptors (Lipinski definition) is 8. The van der Waals surface area contributed by atoms with Crippen LogP contribution in [0.2, 0.25) is 0 Å². The Hall–Kier alpha value is -4.47. The Balaban J connectivity index is 1.93. The highest BCUT2D eigenvalue weighted by atomic mass is 16.4. The summed E-state index contributed by atoms with van der Waals surface area (Å²) in [7, 11) is 0. The molecule has 0 saturated heterocycles. The van der Waals surface area contributed by atoms with Crippen molar-refractivity contribution in [2.45, 2.75) is 43.8 Å². The Kier molecular flexibility index (Phi) is 10.8. The minimum absolute atomic E-state index is 0.00617. The second kappa shape index (κ2) is 14.1. The highest BCUT2D eigenvalue weighted by Gasteiger charge is 2.28. The molecule has 2 aromatic rings. The van der Waals surface area contributed by atoms with Crippen LogP contribution in [0, 0.1) is 0 Å². The predicted octanol–water partition coefficient (Wildman–Crippen LogP) is -3.53. The number of H-pyrrole nitrogens is 2. The number of nitrogens with two attached hydrogens (primary N) is 3. The molecule has 12 N–H and O–H groups in total. The van der Waals surface area contributed by atoms with Crippen LogP contribution in [0.1, 0.15) is 24.2 Å². The zero-order chi connectivity index (χ0) is 26.5. The van der Waals surface area contributed by atoms with Crippen LogP contribution in [0.25, 0.3) is 0 Å². The maximum absolute atomic E-state index is 12.9. The van der Waals surface area contributed by atoms with Crippen molar-refractivity contribution in [2.75, 3.05) is 13.1 Å². The van der Waals surface area contributed by atoms with Crippen LogP contribution in [0.4, 0.5) is 0 Å². The standard InChI is InChI=1S/C20H31N11O5/c21-13(2-1-3-26-20(22)23)17(33)27-8-16(32)30-14(4-11-6-24-9-28-11)18(34)31-15(19(35)36)5-12-7-25-10-29-12/h6-7,9-10,13-15H,1-5,8,21H2,(H,24,28)(H,25,29)(H,27,33)(H,30,32)(H,31,34)(H,35,36)(H4,22,23,26). The van der Waals surface area contributed by atoms with E-state index in [0.29, 0.717) is 30.8 Å². The van der Waals surface area contributed by atoms with E-state index >= 15 is 0 Å². The van der Waals surface area contributed by atoms with E-state index in [1.165, 1.54) is 25.0 Å². The van der Waals surface area contributed by atoms with Crippen LogP contribution in [0.3, 0.4) is 0 Å². The van der Waals surface area contributed by atoms with Crippen molar-refractivity contribution in [1.82, 2.24) is 35.9 Å². The summed E-state index contributed by atoms with van der Waals surface area (Å²) < 4.78 is 0. The molecule has 0 spiro atoms. The van der Waals surface area contributed by atoms with Crippen LogP contribution in [-0.4, -0.2) is 85.9 Å². The zero-order valence-electron chi connectivity index (χ0n) is 19.4. The topological polar surface area (TPSA) is 272 Å². The number of carboxylic acids is 1. The van der Waals surface area contributed by atoms with Crippen molar-refractivity contribution in [3.63, 3.8) is 0 Å². The van der Waals surface area contributed by atoms with Crippen LogP contribution in [-0.2, 0) is 32.0 Å². The van der Waals surface area contributed by atoms with Gasteiger partial charge in [-0.05, 0) is 12.8 Å². The first kappa shape index (κ1) is 27.8. The van der Waals surface area contributed by atoms with E-state index in [0.717, 1.165) is 0 Å². The number of aromatic amines is 2. The molecule has 16 nitrogen and oxygen atoms in total. The molecular formula is C20H31N11O5. The molecule has 0 fully saturated rings. The summed E-state index contributed by atoms with van der Waals surface area (Å²) in [6, 6.07) is -3.29. The molecule has 196 valence electrons. The minimum Gasteiger partial charge on any atom is -0.480 e. The fraction of sp³-hybridized carbons (Fsp3) is 0.450. The van der Waals surface area contributed by atoms with Gasteiger partial charge in [0, 0.05) is 43.2 Å². The van der Waals surface area contributed by atoms with E-state index < -0.39 is 48.4 Å². The number of amides is 3. The molecule has 0 aliphatic carbocycles. The van der Waals surface area contributed by atoms with Gasteiger partial charge in [0.25, 0.3) is 0 Å². The second-order valence-corrected chi connectivity index (χ2v) is 7.85. The van der Waals surface area contributed by atoms with Crippen molar-refractivity contribution < 1.29 is 24.3 Å². The van der Waals surface area contributed by atoms with Gasteiger partial charge in [-0.3, -0.25) is 19.4 Å². The Morgan fingerprint density at radius 1 is 0.972 bits per heavy atom. The maximum atomic E-state index is 12.9. The van der Waals surface area contributed by atoms with E-state index in [1.807, 2.05) is 0 Å². The van der Waals surface area contributed by atoms with Crippen LogP contribution >= 0.6 is 0 Å². The number of nitrogens with one attached hydrogen (secondary N) is 5. The van der Waals surface area contributed by atoms with Gasteiger partial charge in [0.1, 0.15) is 12.1 Å². The predicted molar refractivity (Wildman–Crippen MR) is 127 cm³/mol. The van der Waals surface area contributed by atoms with Gasteiger partial charge >= 0.3 is 5.97 Å². The molecule has 3 unspecified atom stereocenters. The molecule has 2 heterocycles. The number of rotatable bonds is 15. The Morgan fingerprint density at radius 3 is 2.11 bits per heavy atom. The van der Waals surface area contributed by atoms with Crippen molar-refractivity contribution in [2.24, 2.45) is 22.2 Å². The third kappa shape index (κ3) is 9.80. The average Bonchev–Trinajstić information content (AvgIpc) is 3.53. The van der Waals surface area contributed by atoms with Crippen molar-refractivity contribution >= 4 is 29.7 Å². The molecular weight excluding hydrogens is 474 g/mol. The normalized spacial score (nSPS) is 13.1. The summed E-state index contributed by atoms with van der Waals surface area (Å²) in [5.41, 5.74) is 17.3. The van der Waals surface area contributed by atoms with Crippen molar-refractivity contribution in [1.29, 1.82) is 0 Å². The largest absolute Gasteiger partial charge is 0.480 e. The summed E-state index contributed by atoms with van der Waals surface area (Å²) in [5.74, 6) is -3.28. The lowest BCUT2D eigenvalue weighted by Gasteiger charge is -2.21. The van der Waals surface area contributed by atoms with E-state index in [1.54, 1.807) is 0 Å². The lowest BCUT2D eigenvalue weighted by molar-refractivity contribution is -0.142. The first-order chi connectivity index (χ1) is 17.2. The third-order valence-corrected chi connectivity index (χ3v) is 4.95. The van der Waals surface area contributed by atoms with E-state index in [4.69, 9.17) is 17.2 Å². The highest BCUT2D eigenvalue weighted by molar-refractivity contribution is 5.92. The van der Waals surface area contributed by atoms with Crippen molar-refractivity contribution in [3.8, 4) is 0 Å². The SMILES string of the molecule is NC(N)=NCCCC(N)C(=O)NCC(=O)NC(Cc1cnc[nH]1)C(=O)NC(Cc1cnc[nH]1)C(=O)O. The number of nitrogens with zero attached hydrogens (tertiary/aromatic N) is 3. The molecule has 0 bridgehead atoms. The van der Waals surface area contributed by atoms with Crippen molar-refractivity contribution in [3.05, 3.63) is 36.4 Å². The van der Waals surface area contributed by atoms with Gasteiger partial charge in [-0.2, -0.15) is 0 Å². The van der Waals surface area contributed by atoms with Gasteiger partial charge in [0.15, 0.2) is 5.96 Å². The van der Waals surface area contributed by atoms with Gasteiger partial charge in [0.05, 0.1) is 25.2 Å². The fourth-order valence-corrected chi connectivity index (χ4v) is 3.11. The van der Waals surface area contributed by atoms with Crippen LogP contribution in [0.5, 0.6) is 0 Å². The molecule has 0 radical (unpaired) electrons. The molecule has 3 atom stereocenters. The molecule has 2 rings (SSSR count). The van der Waals surface area contributed by atoms with Gasteiger partial charge in [0.2, 0.25) is 17.7 Å². The molecule has 2 aromatic heterocycles. The van der Waals surface area contributed by atoms with Crippen LogP contribution < -0.4 is 33.2 Å². The number of hydrogen-bond donors (Lipinski definition) is 9. The number of carbonyl (C=O) groups excluding carboxylic acids is 3. The summed E-state index contributed by atoms with van der Waals surface area (Å²) in [5, 5.41) is 16.8. The second-order valence-electron chi connectivity index (χ2n) is 7.85.